The second-order valence-corrected chi connectivity index (χ2v) is 10.2. The van der Waals surface area contributed by atoms with E-state index in [1.54, 1.807) is 37.3 Å². The molecule has 0 unspecified atom stereocenters. The van der Waals surface area contributed by atoms with Gasteiger partial charge in [0.1, 0.15) is 11.5 Å². The molecule has 8 nitrogen and oxygen atoms in total. The van der Waals surface area contributed by atoms with Gasteiger partial charge in [0.25, 0.3) is 10.0 Å². The fourth-order valence-corrected chi connectivity index (χ4v) is 6.01. The van der Waals surface area contributed by atoms with Crippen molar-refractivity contribution >= 4 is 27.5 Å². The molecule has 2 atom stereocenters. The second-order valence-electron chi connectivity index (χ2n) is 8.57. The van der Waals surface area contributed by atoms with Gasteiger partial charge in [0.15, 0.2) is 0 Å². The van der Waals surface area contributed by atoms with Gasteiger partial charge in [-0.2, -0.15) is 0 Å². The number of rotatable bonds is 7. The number of amides is 2. The Bertz CT molecular complexity index is 1150. The van der Waals surface area contributed by atoms with Crippen LogP contribution in [0.1, 0.15) is 36.8 Å². The summed E-state index contributed by atoms with van der Waals surface area (Å²) >= 11 is 0. The molecule has 1 saturated carbocycles. The van der Waals surface area contributed by atoms with Crippen LogP contribution in [-0.2, 0) is 26.2 Å². The number of carbonyl (C=O) groups excluding carboxylic acids is 2. The molecule has 0 bridgehead atoms. The first kappa shape index (κ1) is 23.1. The number of ether oxygens (including phenoxy) is 2. The molecule has 33 heavy (non-hydrogen) atoms. The van der Waals surface area contributed by atoms with E-state index in [9.17, 15) is 18.0 Å². The number of imide groups is 1. The molecule has 0 spiro atoms. The maximum absolute atomic E-state index is 13.2. The molecule has 1 aliphatic heterocycles. The highest BCUT2D eigenvalue weighted by molar-refractivity contribution is 7.92. The van der Waals surface area contributed by atoms with Crippen LogP contribution in [0.5, 0.6) is 11.5 Å². The Morgan fingerprint density at radius 3 is 2.06 bits per heavy atom. The van der Waals surface area contributed by atoms with E-state index in [1.807, 2.05) is 0 Å². The smallest absolute Gasteiger partial charge is 0.262 e. The molecule has 9 heteroatoms. The maximum Gasteiger partial charge on any atom is 0.262 e. The number of aryl methyl sites for hydroxylation is 1. The molecular formula is C24H28N2O6S. The highest BCUT2D eigenvalue weighted by Gasteiger charge is 2.47. The lowest BCUT2D eigenvalue weighted by molar-refractivity contribution is -0.140. The fraction of sp³-hybridized carbons (Fsp3) is 0.417. The minimum atomic E-state index is -3.95. The SMILES string of the molecule is COc1cc(NS(=O)(=O)c2cc(CN3C(=O)[C@H]4CCCC[C@@H]4C3=O)ccc2C)cc(OC)c1. The number of nitrogens with one attached hydrogen (secondary N) is 1. The predicted molar refractivity (Wildman–Crippen MR) is 123 cm³/mol. The predicted octanol–water partition coefficient (Wildman–Crippen LogP) is 3.49. The van der Waals surface area contributed by atoms with Gasteiger partial charge < -0.3 is 9.47 Å². The minimum absolute atomic E-state index is 0.0699. The normalized spacial score (nSPS) is 20.5. The van der Waals surface area contributed by atoms with Gasteiger partial charge in [-0.05, 0) is 37.0 Å². The van der Waals surface area contributed by atoms with Crippen LogP contribution < -0.4 is 14.2 Å². The van der Waals surface area contributed by atoms with Crippen molar-refractivity contribution in [2.24, 2.45) is 11.8 Å². The van der Waals surface area contributed by atoms with Crippen LogP contribution in [0.4, 0.5) is 5.69 Å². The lowest BCUT2D eigenvalue weighted by Gasteiger charge is -2.19. The van der Waals surface area contributed by atoms with Gasteiger partial charge in [0.2, 0.25) is 11.8 Å². The number of methoxy groups -OCH3 is 2. The first-order chi connectivity index (χ1) is 15.7. The molecule has 1 aliphatic carbocycles. The van der Waals surface area contributed by atoms with E-state index in [4.69, 9.17) is 9.47 Å². The number of hydrogen-bond donors (Lipinski definition) is 1. The average molecular weight is 473 g/mol. The topological polar surface area (TPSA) is 102 Å². The maximum atomic E-state index is 13.2. The third kappa shape index (κ3) is 4.55. The van der Waals surface area contributed by atoms with Gasteiger partial charge in [-0.25, -0.2) is 8.42 Å². The van der Waals surface area contributed by atoms with Crippen molar-refractivity contribution in [3.63, 3.8) is 0 Å². The number of nitrogens with zero attached hydrogens (tertiary/aromatic N) is 1. The van der Waals surface area contributed by atoms with Gasteiger partial charge in [-0.15, -0.1) is 0 Å². The Morgan fingerprint density at radius 1 is 0.939 bits per heavy atom. The minimum Gasteiger partial charge on any atom is -0.497 e. The van der Waals surface area contributed by atoms with Crippen LogP contribution >= 0.6 is 0 Å². The summed E-state index contributed by atoms with van der Waals surface area (Å²) in [5, 5.41) is 0. The summed E-state index contributed by atoms with van der Waals surface area (Å²) in [4.78, 5) is 27.0. The van der Waals surface area contributed by atoms with E-state index >= 15 is 0 Å². The van der Waals surface area contributed by atoms with E-state index in [0.717, 1.165) is 25.7 Å². The van der Waals surface area contributed by atoms with Crippen LogP contribution in [-0.4, -0.2) is 39.4 Å². The third-order valence-corrected chi connectivity index (χ3v) is 7.94. The van der Waals surface area contributed by atoms with Crippen LogP contribution in [0.15, 0.2) is 41.3 Å². The highest BCUT2D eigenvalue weighted by Crippen LogP contribution is 2.38. The van der Waals surface area contributed by atoms with Crippen molar-refractivity contribution in [2.45, 2.75) is 44.0 Å². The van der Waals surface area contributed by atoms with Gasteiger partial charge >= 0.3 is 0 Å². The standard InChI is InChI=1S/C24H28N2O6S/c1-15-8-9-16(14-26-23(27)20-6-4-5-7-21(20)24(26)28)10-22(15)33(29,30)25-17-11-18(31-2)13-19(12-17)32-3/h8-13,20-21,25H,4-7,14H2,1-3H3/t20-,21-/m0/s1. The number of anilines is 1. The van der Waals surface area contributed by atoms with Crippen LogP contribution in [0.25, 0.3) is 0 Å². The van der Waals surface area contributed by atoms with Crippen LogP contribution in [0, 0.1) is 18.8 Å². The Labute approximate surface area is 193 Å². The molecule has 2 aromatic rings. The lowest BCUT2D eigenvalue weighted by atomic mass is 9.81. The Kier molecular flexibility index (Phi) is 6.34. The van der Waals surface area contributed by atoms with E-state index < -0.39 is 10.0 Å². The van der Waals surface area contributed by atoms with Crippen molar-refractivity contribution in [2.75, 3.05) is 18.9 Å². The molecular weight excluding hydrogens is 444 g/mol. The van der Waals surface area contributed by atoms with Crippen molar-refractivity contribution < 1.29 is 27.5 Å². The van der Waals surface area contributed by atoms with Crippen molar-refractivity contribution in [1.29, 1.82) is 0 Å². The average Bonchev–Trinajstić information content (AvgIpc) is 3.04. The summed E-state index contributed by atoms with van der Waals surface area (Å²) in [6.07, 6.45) is 3.41. The van der Waals surface area contributed by atoms with Gasteiger partial charge in [0, 0.05) is 18.2 Å². The summed E-state index contributed by atoms with van der Waals surface area (Å²) in [5.41, 5.74) is 1.43. The van der Waals surface area contributed by atoms with Crippen LogP contribution in [0.2, 0.25) is 0 Å². The fourth-order valence-electron chi connectivity index (χ4n) is 4.68. The summed E-state index contributed by atoms with van der Waals surface area (Å²) in [7, 11) is -0.980. The van der Waals surface area contributed by atoms with Crippen LogP contribution in [0.3, 0.4) is 0 Å². The zero-order chi connectivity index (χ0) is 23.8. The number of sulfonamides is 1. The Hall–Kier alpha value is -3.07. The molecule has 2 aliphatic rings. The molecule has 1 N–H and O–H groups in total. The Balaban J connectivity index is 1.59. The molecule has 4 rings (SSSR count). The number of carbonyl (C=O) groups is 2. The number of hydrogen-bond acceptors (Lipinski definition) is 6. The largest absolute Gasteiger partial charge is 0.497 e. The first-order valence-electron chi connectivity index (χ1n) is 10.9. The molecule has 176 valence electrons. The number of benzene rings is 2. The molecule has 1 heterocycles. The van der Waals surface area contributed by atoms with Gasteiger partial charge in [-0.1, -0.05) is 25.0 Å². The molecule has 2 aromatic carbocycles. The van der Waals surface area contributed by atoms with Crippen molar-refractivity contribution in [3.8, 4) is 11.5 Å². The number of fused-ring (bicyclic) bond motifs is 1. The van der Waals surface area contributed by atoms with E-state index in [1.165, 1.54) is 25.2 Å². The molecule has 2 fully saturated rings. The molecule has 1 saturated heterocycles. The monoisotopic (exact) mass is 472 g/mol. The number of likely N-dealkylation sites (tertiary alicyclic amines) is 1. The third-order valence-electron chi connectivity index (χ3n) is 6.42. The van der Waals surface area contributed by atoms with Gasteiger partial charge in [-0.3, -0.25) is 19.2 Å². The summed E-state index contributed by atoms with van der Waals surface area (Å²) in [6.45, 7) is 1.77. The molecule has 0 aromatic heterocycles. The van der Waals surface area contributed by atoms with Crippen molar-refractivity contribution in [1.82, 2.24) is 4.90 Å². The molecule has 0 radical (unpaired) electrons. The molecule has 2 amide bonds. The Morgan fingerprint density at radius 2 is 1.52 bits per heavy atom. The lowest BCUT2D eigenvalue weighted by Crippen LogP contribution is -2.30. The highest BCUT2D eigenvalue weighted by atomic mass is 32.2. The van der Waals surface area contributed by atoms with E-state index in [-0.39, 0.29) is 35.1 Å². The van der Waals surface area contributed by atoms with Gasteiger partial charge in [0.05, 0.1) is 43.2 Å². The van der Waals surface area contributed by atoms with E-state index in [0.29, 0.717) is 28.3 Å². The summed E-state index contributed by atoms with van der Waals surface area (Å²) in [5.74, 6) is 0.150. The quantitative estimate of drug-likeness (QED) is 0.619. The summed E-state index contributed by atoms with van der Waals surface area (Å²) in [6, 6.07) is 9.73. The van der Waals surface area contributed by atoms with E-state index in [2.05, 4.69) is 4.72 Å². The summed E-state index contributed by atoms with van der Waals surface area (Å²) < 4.78 is 39.4. The first-order valence-corrected chi connectivity index (χ1v) is 12.4. The zero-order valence-electron chi connectivity index (χ0n) is 19.0. The van der Waals surface area contributed by atoms with Crippen molar-refractivity contribution in [3.05, 3.63) is 47.5 Å². The zero-order valence-corrected chi connectivity index (χ0v) is 19.8. The second kappa shape index (κ2) is 9.05.